The second-order valence-electron chi connectivity index (χ2n) is 7.66. The Bertz CT molecular complexity index is 1370. The molecule has 10 heteroatoms. The second kappa shape index (κ2) is 12.6. The van der Waals surface area contributed by atoms with Crippen molar-refractivity contribution in [2.75, 3.05) is 0 Å². The Kier molecular flexibility index (Phi) is 9.58. The van der Waals surface area contributed by atoms with Crippen molar-refractivity contribution in [2.24, 2.45) is 0 Å². The maximum atomic E-state index is 13.2. The molecule has 0 aliphatic heterocycles. The summed E-state index contributed by atoms with van der Waals surface area (Å²) in [6, 6.07) is 16.8. The Hall–Kier alpha value is -3.26. The predicted molar refractivity (Wildman–Crippen MR) is 131 cm³/mol. The van der Waals surface area contributed by atoms with Crippen molar-refractivity contribution in [1.82, 2.24) is 29.5 Å². The molecule has 5 aromatic rings. The van der Waals surface area contributed by atoms with E-state index >= 15 is 0 Å². The van der Waals surface area contributed by atoms with Crippen LogP contribution in [0.5, 0.6) is 0 Å². The first-order valence-electron chi connectivity index (χ1n) is 10.7. The molecule has 0 spiro atoms. The molecule has 0 atom stereocenters. The van der Waals surface area contributed by atoms with Gasteiger partial charge in [0.2, 0.25) is 0 Å². The number of pyridine rings is 2. The van der Waals surface area contributed by atoms with E-state index in [9.17, 15) is 8.78 Å². The van der Waals surface area contributed by atoms with Crippen molar-refractivity contribution in [1.29, 1.82) is 0 Å². The second-order valence-corrected chi connectivity index (χ2v) is 7.66. The number of halogens is 3. The summed E-state index contributed by atoms with van der Waals surface area (Å²) in [4.78, 5) is 8.54. The van der Waals surface area contributed by atoms with Gasteiger partial charge < -0.3 is 9.97 Å². The summed E-state index contributed by atoms with van der Waals surface area (Å²) in [5.41, 5.74) is 6.08. The molecule has 0 N–H and O–H groups in total. The van der Waals surface area contributed by atoms with Gasteiger partial charge >= 0.3 is 27.5 Å². The fraction of sp³-hybridized carbons (Fsp3) is 0.154. The molecular formula is C26H22ClF2IrN6. The molecule has 0 amide bonds. The molecule has 4 heterocycles. The zero-order valence-electron chi connectivity index (χ0n) is 19.9. The summed E-state index contributed by atoms with van der Waals surface area (Å²) in [7, 11) is 4.64. The molecule has 186 valence electrons. The molecule has 36 heavy (non-hydrogen) atoms. The summed E-state index contributed by atoms with van der Waals surface area (Å²) in [6.07, 6.45) is 5.39. The van der Waals surface area contributed by atoms with Gasteiger partial charge in [-0.1, -0.05) is 37.6 Å². The molecule has 0 saturated carbocycles. The summed E-state index contributed by atoms with van der Waals surface area (Å²) < 4.78 is 29.4. The van der Waals surface area contributed by atoms with Crippen LogP contribution in [0.3, 0.4) is 0 Å². The van der Waals surface area contributed by atoms with Crippen LogP contribution in [0.25, 0.3) is 22.6 Å². The van der Waals surface area contributed by atoms with Gasteiger partial charge in [-0.15, -0.1) is 18.2 Å². The summed E-state index contributed by atoms with van der Waals surface area (Å²) in [5.74, 6) is -1.29. The number of aryl methyl sites for hydroxylation is 4. The minimum atomic E-state index is -0.649. The van der Waals surface area contributed by atoms with E-state index in [0.29, 0.717) is 5.69 Å². The van der Waals surface area contributed by atoms with Crippen LogP contribution in [0.4, 0.5) is 8.78 Å². The zero-order chi connectivity index (χ0) is 26.2. The normalized spacial score (nSPS) is 10.2. The fourth-order valence-corrected chi connectivity index (χ4v) is 3.33. The average Bonchev–Trinajstić information content (AvgIpc) is 3.49. The van der Waals surface area contributed by atoms with E-state index in [-0.39, 0.29) is 5.56 Å². The van der Waals surface area contributed by atoms with Gasteiger partial charge in [0, 0.05) is 30.2 Å². The topological polar surface area (TPSA) is 61.4 Å². The van der Waals surface area contributed by atoms with Crippen molar-refractivity contribution in [3.8, 4) is 22.6 Å². The number of hydrogen-bond acceptors (Lipinski definition) is 4. The van der Waals surface area contributed by atoms with Crippen molar-refractivity contribution in [3.63, 3.8) is 0 Å². The molecule has 0 radical (unpaired) electrons. The molecule has 5 rings (SSSR count). The Balaban J connectivity index is 0.000000198. The van der Waals surface area contributed by atoms with Crippen LogP contribution < -0.4 is 0 Å². The zero-order valence-corrected chi connectivity index (χ0v) is 23.1. The third-order valence-electron chi connectivity index (χ3n) is 4.94. The van der Waals surface area contributed by atoms with Gasteiger partial charge in [-0.3, -0.25) is 18.1 Å². The van der Waals surface area contributed by atoms with Crippen LogP contribution in [0.2, 0.25) is 0 Å². The van der Waals surface area contributed by atoms with Crippen LogP contribution in [-0.4, -0.2) is 29.5 Å². The third kappa shape index (κ3) is 6.69. The monoisotopic (exact) mass is 684 g/mol. The van der Waals surface area contributed by atoms with Gasteiger partial charge in [0.15, 0.2) is 0 Å². The first kappa shape index (κ1) is 27.3. The third-order valence-corrected chi connectivity index (χ3v) is 4.94. The Labute approximate surface area is 223 Å². The van der Waals surface area contributed by atoms with Gasteiger partial charge in [-0.2, -0.15) is 10.2 Å². The van der Waals surface area contributed by atoms with Crippen molar-refractivity contribution >= 4 is 9.58 Å². The number of hydrogen-bond donors (Lipinski definition) is 0. The van der Waals surface area contributed by atoms with E-state index in [2.05, 4.69) is 41.9 Å². The summed E-state index contributed by atoms with van der Waals surface area (Å²) >= 11 is 1.47. The van der Waals surface area contributed by atoms with E-state index in [1.165, 1.54) is 17.9 Å². The molecule has 0 aliphatic rings. The average molecular weight is 684 g/mol. The number of aromatic nitrogens is 6. The quantitative estimate of drug-likeness (QED) is 0.219. The first-order chi connectivity index (χ1) is 17.3. The molecule has 0 aliphatic carbocycles. The predicted octanol–water partition coefficient (Wildman–Crippen LogP) is 6.00. The summed E-state index contributed by atoms with van der Waals surface area (Å²) in [5, 5.41) is 8.85. The molecule has 0 unspecified atom stereocenters. The number of benzene rings is 1. The standard InChI is InChI=1S/C15H16N5.C11H6F2N.ClH.Ir/c1-10-5-7-19(17-10)14-9-15(13(4)16-12(14)3)20-8-6-11(2)18-20;12-8-4-5-9(10(13)7-8)11-3-1-2-6-14-11;;/h5-8H,1-4H3;1-4,6-7H;1H;/q2*-1;;+3/p-1. The van der Waals surface area contributed by atoms with E-state index in [1.807, 2.05) is 52.2 Å². The molecule has 4 aromatic heterocycles. The van der Waals surface area contributed by atoms with Crippen LogP contribution in [0.1, 0.15) is 22.8 Å². The van der Waals surface area contributed by atoms with E-state index in [0.717, 1.165) is 46.3 Å². The fourth-order valence-electron chi connectivity index (χ4n) is 3.33. The maximum absolute atomic E-state index is 13.2. The van der Waals surface area contributed by atoms with Crippen LogP contribution in [-0.2, 0) is 17.9 Å². The number of rotatable bonds is 3. The van der Waals surface area contributed by atoms with Crippen molar-refractivity contribution in [2.45, 2.75) is 27.7 Å². The van der Waals surface area contributed by atoms with Gasteiger partial charge in [0.05, 0.1) is 11.4 Å². The van der Waals surface area contributed by atoms with Gasteiger partial charge in [-0.25, -0.2) is 0 Å². The van der Waals surface area contributed by atoms with Crippen LogP contribution in [0, 0.1) is 51.5 Å². The van der Waals surface area contributed by atoms with Gasteiger partial charge in [0.1, 0.15) is 0 Å². The Morgan fingerprint density at radius 3 is 1.89 bits per heavy atom. The Morgan fingerprint density at radius 1 is 0.861 bits per heavy atom. The van der Waals surface area contributed by atoms with Crippen LogP contribution in [0.15, 0.2) is 61.1 Å². The molecule has 1 aromatic carbocycles. The molecule has 6 nitrogen and oxygen atoms in total. The van der Waals surface area contributed by atoms with Gasteiger partial charge in [0.25, 0.3) is 0 Å². The molecule has 0 fully saturated rings. The molecule has 0 bridgehead atoms. The Morgan fingerprint density at radius 2 is 1.44 bits per heavy atom. The minimum absolute atomic E-state index is 0.187. The molecular weight excluding hydrogens is 662 g/mol. The van der Waals surface area contributed by atoms with Crippen LogP contribution >= 0.6 is 9.58 Å². The number of nitrogens with zero attached hydrogens (tertiary/aromatic N) is 6. The van der Waals surface area contributed by atoms with Crippen molar-refractivity contribution in [3.05, 3.63) is 108 Å². The van der Waals surface area contributed by atoms with Crippen molar-refractivity contribution < 1.29 is 26.7 Å². The SMILES string of the molecule is Cc1ccn(-c2[c-]c(-n3ccc(C)n3)c(C)nc2C)n1.Fc1c[c-]c(-c2ccccn2)c(F)c1.[Cl][Ir+2]. The van der Waals surface area contributed by atoms with E-state index < -0.39 is 11.6 Å². The molecule has 0 saturated heterocycles. The van der Waals surface area contributed by atoms with E-state index in [4.69, 9.17) is 0 Å². The summed E-state index contributed by atoms with van der Waals surface area (Å²) in [6.45, 7) is 7.86. The van der Waals surface area contributed by atoms with E-state index in [1.54, 1.807) is 33.8 Å². The van der Waals surface area contributed by atoms with Gasteiger partial charge in [-0.05, 0) is 60.5 Å². The first-order valence-corrected chi connectivity index (χ1v) is 13.6.